The third kappa shape index (κ3) is 4.29. The van der Waals surface area contributed by atoms with Gasteiger partial charge in [-0.2, -0.15) is 0 Å². The molecule has 1 aliphatic rings. The summed E-state index contributed by atoms with van der Waals surface area (Å²) in [6, 6.07) is 4.74. The number of esters is 2. The Balaban J connectivity index is 2.49. The normalized spacial score (nSPS) is 13.7. The van der Waals surface area contributed by atoms with E-state index >= 15 is 0 Å². The lowest BCUT2D eigenvalue weighted by molar-refractivity contribution is -0.140. The number of hydrogen-bond acceptors (Lipinski definition) is 9. The molecule has 0 unspecified atom stereocenters. The highest BCUT2D eigenvalue weighted by Crippen LogP contribution is 2.33. The molecule has 1 aromatic rings. The molecule has 0 aliphatic carbocycles. The van der Waals surface area contributed by atoms with E-state index in [0.29, 0.717) is 17.1 Å². The predicted octanol–water partition coefficient (Wildman–Crippen LogP) is 1.27. The molecule has 1 aromatic carbocycles. The maximum absolute atomic E-state index is 12.3. The third-order valence-electron chi connectivity index (χ3n) is 3.75. The molecular formula is C17H20N2O8. The topological polar surface area (TPSA) is 113 Å². The summed E-state index contributed by atoms with van der Waals surface area (Å²) in [6.07, 6.45) is -0.662. The molecular weight excluding hydrogens is 360 g/mol. The molecule has 0 fully saturated rings. The largest absolute Gasteiger partial charge is 0.494 e. The highest BCUT2D eigenvalue weighted by atomic mass is 16.5. The zero-order chi connectivity index (χ0) is 20.0. The highest BCUT2D eigenvalue weighted by molar-refractivity contribution is 6.03. The van der Waals surface area contributed by atoms with Crippen molar-refractivity contribution in [3.63, 3.8) is 0 Å². The summed E-state index contributed by atoms with van der Waals surface area (Å²) in [5.41, 5.74) is 0.879. The second kappa shape index (κ2) is 8.90. The van der Waals surface area contributed by atoms with Crippen molar-refractivity contribution in [2.24, 2.45) is 0 Å². The minimum absolute atomic E-state index is 0.00212. The van der Waals surface area contributed by atoms with Gasteiger partial charge in [0.15, 0.2) is 0 Å². The maximum Gasteiger partial charge on any atom is 0.411 e. The Kier molecular flexibility index (Phi) is 6.61. The zero-order valence-electron chi connectivity index (χ0n) is 15.4. The van der Waals surface area contributed by atoms with Gasteiger partial charge in [0, 0.05) is 11.8 Å². The first kappa shape index (κ1) is 20.0. The molecule has 1 heterocycles. The molecule has 0 saturated heterocycles. The number of amides is 1. The van der Waals surface area contributed by atoms with Gasteiger partial charge in [0.2, 0.25) is 0 Å². The van der Waals surface area contributed by atoms with Crippen molar-refractivity contribution < 1.29 is 38.1 Å². The Labute approximate surface area is 155 Å². The molecule has 0 atom stereocenters. The molecule has 0 bridgehead atoms. The van der Waals surface area contributed by atoms with Crippen LogP contribution in [0.15, 0.2) is 29.5 Å². The van der Waals surface area contributed by atoms with E-state index in [0.717, 1.165) is 0 Å². The van der Waals surface area contributed by atoms with E-state index in [2.05, 4.69) is 10.1 Å². The number of hydrogen-bond donors (Lipinski definition) is 1. The van der Waals surface area contributed by atoms with Gasteiger partial charge >= 0.3 is 18.0 Å². The Bertz CT molecular complexity index is 774. The molecule has 146 valence electrons. The number of rotatable bonds is 5. The molecule has 1 N–H and O–H groups in total. The Hall–Kier alpha value is -3.27. The number of carbonyl (C=O) groups is 3. The first-order valence-electron chi connectivity index (χ1n) is 7.74. The molecule has 1 amide bonds. The monoisotopic (exact) mass is 380 g/mol. The van der Waals surface area contributed by atoms with Gasteiger partial charge < -0.3 is 28.6 Å². The third-order valence-corrected chi connectivity index (χ3v) is 3.75. The van der Waals surface area contributed by atoms with Gasteiger partial charge in [-0.3, -0.25) is 5.32 Å². The Morgan fingerprint density at radius 1 is 1.04 bits per heavy atom. The molecule has 0 spiro atoms. The molecule has 27 heavy (non-hydrogen) atoms. The van der Waals surface area contributed by atoms with Crippen molar-refractivity contribution in [2.45, 2.75) is 0 Å². The molecule has 2 rings (SSSR count). The lowest BCUT2D eigenvalue weighted by Gasteiger charge is -2.31. The van der Waals surface area contributed by atoms with Crippen LogP contribution in [0, 0.1) is 0 Å². The fourth-order valence-electron chi connectivity index (χ4n) is 2.46. The standard InChI is InChI=1S/C17H20N2O8/c1-23-13-7-10(5-6-12(13)18-17(22)26-4)19-9-27-8-11(15(20)24-2)14(19)16(21)25-3/h5-7H,8-9H2,1-4H3,(H,18,22). The average Bonchev–Trinajstić information content (AvgIpc) is 2.72. The highest BCUT2D eigenvalue weighted by Gasteiger charge is 2.32. The summed E-state index contributed by atoms with van der Waals surface area (Å²) in [6.45, 7) is -0.0927. The molecule has 0 aromatic heterocycles. The summed E-state index contributed by atoms with van der Waals surface area (Å²) < 4.78 is 24.8. The van der Waals surface area contributed by atoms with Crippen molar-refractivity contribution in [3.05, 3.63) is 29.5 Å². The number of methoxy groups -OCH3 is 4. The molecule has 0 saturated carbocycles. The fraction of sp³-hybridized carbons (Fsp3) is 0.353. The van der Waals surface area contributed by atoms with Crippen LogP contribution in [0.1, 0.15) is 0 Å². The summed E-state index contributed by atoms with van der Waals surface area (Å²) in [5, 5.41) is 2.51. The number of benzene rings is 1. The fourth-order valence-corrected chi connectivity index (χ4v) is 2.46. The van der Waals surface area contributed by atoms with Crippen LogP contribution in [0.2, 0.25) is 0 Å². The van der Waals surface area contributed by atoms with Gasteiger partial charge in [-0.15, -0.1) is 0 Å². The van der Waals surface area contributed by atoms with Crippen LogP contribution in [0.25, 0.3) is 0 Å². The van der Waals surface area contributed by atoms with Gasteiger partial charge in [-0.25, -0.2) is 14.4 Å². The van der Waals surface area contributed by atoms with Crippen LogP contribution >= 0.6 is 0 Å². The van der Waals surface area contributed by atoms with Crippen molar-refractivity contribution >= 4 is 29.4 Å². The van der Waals surface area contributed by atoms with Crippen LogP contribution in [0.4, 0.5) is 16.2 Å². The van der Waals surface area contributed by atoms with Crippen LogP contribution in [-0.4, -0.2) is 59.8 Å². The summed E-state index contributed by atoms with van der Waals surface area (Å²) in [5.74, 6) is -1.10. The minimum Gasteiger partial charge on any atom is -0.494 e. The Morgan fingerprint density at radius 3 is 2.33 bits per heavy atom. The number of nitrogens with one attached hydrogen (secondary N) is 1. The van der Waals surface area contributed by atoms with Crippen LogP contribution in [0.5, 0.6) is 5.75 Å². The number of ether oxygens (including phenoxy) is 5. The molecule has 1 aliphatic heterocycles. The smallest absolute Gasteiger partial charge is 0.411 e. The van der Waals surface area contributed by atoms with E-state index in [1.807, 2.05) is 0 Å². The van der Waals surface area contributed by atoms with Crippen molar-refractivity contribution in [1.82, 2.24) is 0 Å². The summed E-state index contributed by atoms with van der Waals surface area (Å²) in [4.78, 5) is 37.2. The predicted molar refractivity (Wildman–Crippen MR) is 93.4 cm³/mol. The van der Waals surface area contributed by atoms with E-state index < -0.39 is 18.0 Å². The van der Waals surface area contributed by atoms with Gasteiger partial charge in [-0.1, -0.05) is 0 Å². The van der Waals surface area contributed by atoms with Crippen LogP contribution < -0.4 is 15.0 Å². The van der Waals surface area contributed by atoms with Gasteiger partial charge in [-0.05, 0) is 12.1 Å². The zero-order valence-corrected chi connectivity index (χ0v) is 15.4. The second-order valence-electron chi connectivity index (χ2n) is 5.22. The van der Waals surface area contributed by atoms with E-state index in [1.165, 1.54) is 33.3 Å². The molecule has 10 nitrogen and oxygen atoms in total. The SMILES string of the molecule is COC(=O)Nc1ccc(N2COCC(C(=O)OC)=C2C(=O)OC)cc1OC. The quantitative estimate of drug-likeness (QED) is 0.596. The first-order chi connectivity index (χ1) is 13.0. The van der Waals surface area contributed by atoms with E-state index in [1.54, 1.807) is 18.2 Å². The second-order valence-corrected chi connectivity index (χ2v) is 5.22. The summed E-state index contributed by atoms with van der Waals surface area (Å²) in [7, 11) is 5.08. The number of anilines is 2. The first-order valence-corrected chi connectivity index (χ1v) is 7.74. The van der Waals surface area contributed by atoms with Crippen molar-refractivity contribution in [1.29, 1.82) is 0 Å². The number of carbonyl (C=O) groups excluding carboxylic acids is 3. The number of nitrogens with zero attached hydrogens (tertiary/aromatic N) is 1. The van der Waals surface area contributed by atoms with Crippen LogP contribution in [-0.2, 0) is 28.5 Å². The molecule has 10 heteroatoms. The van der Waals surface area contributed by atoms with E-state index in [-0.39, 0.29) is 24.6 Å². The van der Waals surface area contributed by atoms with Crippen molar-refractivity contribution in [3.8, 4) is 5.75 Å². The van der Waals surface area contributed by atoms with E-state index in [9.17, 15) is 14.4 Å². The van der Waals surface area contributed by atoms with Crippen LogP contribution in [0.3, 0.4) is 0 Å². The lowest BCUT2D eigenvalue weighted by atomic mass is 10.1. The Morgan fingerprint density at radius 2 is 1.74 bits per heavy atom. The van der Waals surface area contributed by atoms with Gasteiger partial charge in [0.05, 0.1) is 46.3 Å². The van der Waals surface area contributed by atoms with Gasteiger partial charge in [0.1, 0.15) is 18.2 Å². The maximum atomic E-state index is 12.3. The van der Waals surface area contributed by atoms with Gasteiger partial charge in [0.25, 0.3) is 0 Å². The van der Waals surface area contributed by atoms with E-state index in [4.69, 9.17) is 18.9 Å². The van der Waals surface area contributed by atoms with Crippen molar-refractivity contribution in [2.75, 3.05) is 52.0 Å². The molecule has 0 radical (unpaired) electrons. The minimum atomic E-state index is -0.713. The average molecular weight is 380 g/mol. The lowest BCUT2D eigenvalue weighted by Crippen LogP contribution is -2.38. The summed E-state index contributed by atoms with van der Waals surface area (Å²) >= 11 is 0.